The monoisotopic (exact) mass is 265 g/mol. The second-order valence-corrected chi connectivity index (χ2v) is 4.45. The van der Waals surface area contributed by atoms with E-state index in [1.54, 1.807) is 6.92 Å². The summed E-state index contributed by atoms with van der Waals surface area (Å²) in [6.45, 7) is 1.91. The molecule has 1 aromatic rings. The van der Waals surface area contributed by atoms with E-state index in [9.17, 15) is 14.7 Å². The van der Waals surface area contributed by atoms with Gasteiger partial charge < -0.3 is 15.2 Å². The number of rotatable bonds is 4. The van der Waals surface area contributed by atoms with Crippen LogP contribution in [0.1, 0.15) is 30.1 Å². The fourth-order valence-electron chi connectivity index (χ4n) is 2.04. The highest BCUT2D eigenvalue weighted by Crippen LogP contribution is 2.33. The number of esters is 1. The maximum absolute atomic E-state index is 12.0. The van der Waals surface area contributed by atoms with Crippen LogP contribution in [0.3, 0.4) is 0 Å². The Morgan fingerprint density at radius 1 is 1.47 bits per heavy atom. The Morgan fingerprint density at radius 3 is 2.63 bits per heavy atom. The van der Waals surface area contributed by atoms with E-state index >= 15 is 0 Å². The maximum atomic E-state index is 12.0. The van der Waals surface area contributed by atoms with Crippen molar-refractivity contribution in [1.82, 2.24) is 15.3 Å². The number of hydrogen-bond acceptors (Lipinski definition) is 6. The third-order valence-electron chi connectivity index (χ3n) is 3.01. The zero-order valence-corrected chi connectivity index (χ0v) is 10.5. The Morgan fingerprint density at radius 2 is 2.11 bits per heavy atom. The molecule has 7 nitrogen and oxygen atoms in total. The smallest absolute Gasteiger partial charge is 0.332 e. The topological polar surface area (TPSA) is 101 Å². The van der Waals surface area contributed by atoms with E-state index in [0.717, 1.165) is 0 Å². The minimum atomic E-state index is -1.14. The molecule has 1 saturated carbocycles. The van der Waals surface area contributed by atoms with E-state index in [-0.39, 0.29) is 25.0 Å². The number of aliphatic hydroxyl groups excluding tert-OH is 1. The summed E-state index contributed by atoms with van der Waals surface area (Å²) in [6.07, 6.45) is 3.74. The number of ether oxygens (including phenoxy) is 1. The first kappa shape index (κ1) is 13.4. The zero-order chi connectivity index (χ0) is 13.9. The predicted octanol–water partition coefficient (Wildman–Crippen LogP) is -0.337. The lowest BCUT2D eigenvalue weighted by atomic mass is 9.74. The van der Waals surface area contributed by atoms with Gasteiger partial charge in [0.15, 0.2) is 0 Å². The first-order chi connectivity index (χ1) is 9.07. The molecular weight excluding hydrogens is 250 g/mol. The van der Waals surface area contributed by atoms with Gasteiger partial charge in [-0.3, -0.25) is 4.79 Å². The van der Waals surface area contributed by atoms with E-state index in [2.05, 4.69) is 15.3 Å². The second-order valence-electron chi connectivity index (χ2n) is 4.45. The van der Waals surface area contributed by atoms with E-state index < -0.39 is 23.5 Å². The molecule has 0 aliphatic heterocycles. The molecule has 1 aliphatic rings. The molecule has 1 aliphatic carbocycles. The molecule has 1 amide bonds. The Bertz CT molecular complexity index is 471. The fourth-order valence-corrected chi connectivity index (χ4v) is 2.04. The first-order valence-corrected chi connectivity index (χ1v) is 6.00. The Kier molecular flexibility index (Phi) is 3.75. The third-order valence-corrected chi connectivity index (χ3v) is 3.01. The Balaban J connectivity index is 2.10. The van der Waals surface area contributed by atoms with Crippen LogP contribution in [0.15, 0.2) is 18.7 Å². The number of carbonyl (C=O) groups is 2. The van der Waals surface area contributed by atoms with Crippen LogP contribution < -0.4 is 5.32 Å². The van der Waals surface area contributed by atoms with Gasteiger partial charge >= 0.3 is 5.97 Å². The maximum Gasteiger partial charge on any atom is 0.332 e. The molecule has 7 heteroatoms. The largest absolute Gasteiger partial charge is 0.464 e. The van der Waals surface area contributed by atoms with Crippen molar-refractivity contribution in [2.45, 2.75) is 31.4 Å². The summed E-state index contributed by atoms with van der Waals surface area (Å²) in [7, 11) is 0. The van der Waals surface area contributed by atoms with E-state index in [0.29, 0.717) is 0 Å². The van der Waals surface area contributed by atoms with E-state index in [1.807, 2.05) is 0 Å². The third kappa shape index (κ3) is 2.70. The molecule has 2 rings (SSSR count). The first-order valence-electron chi connectivity index (χ1n) is 6.00. The molecule has 0 bridgehead atoms. The molecule has 0 radical (unpaired) electrons. The lowest BCUT2D eigenvalue weighted by Gasteiger charge is -2.43. The molecule has 1 heterocycles. The number of aromatic nitrogens is 2. The van der Waals surface area contributed by atoms with E-state index in [4.69, 9.17) is 4.74 Å². The van der Waals surface area contributed by atoms with Gasteiger partial charge in [0.25, 0.3) is 5.91 Å². The van der Waals surface area contributed by atoms with E-state index in [1.165, 1.54) is 18.7 Å². The van der Waals surface area contributed by atoms with Gasteiger partial charge in [0.2, 0.25) is 0 Å². The molecule has 0 aromatic carbocycles. The highest BCUT2D eigenvalue weighted by Gasteiger charge is 2.52. The van der Waals surface area contributed by atoms with Gasteiger partial charge in [-0.05, 0) is 6.92 Å². The molecule has 1 aromatic heterocycles. The van der Waals surface area contributed by atoms with Gasteiger partial charge in [-0.2, -0.15) is 0 Å². The fraction of sp³-hybridized carbons (Fsp3) is 0.500. The van der Waals surface area contributed by atoms with Gasteiger partial charge in [0.05, 0.1) is 18.3 Å². The summed E-state index contributed by atoms with van der Waals surface area (Å²) in [4.78, 5) is 31.3. The van der Waals surface area contributed by atoms with Crippen LogP contribution in [-0.4, -0.2) is 45.2 Å². The second kappa shape index (κ2) is 5.31. The quantitative estimate of drug-likeness (QED) is 0.722. The molecule has 19 heavy (non-hydrogen) atoms. The van der Waals surface area contributed by atoms with Crippen molar-refractivity contribution in [2.24, 2.45) is 0 Å². The van der Waals surface area contributed by atoms with Crippen LogP contribution in [0, 0.1) is 0 Å². The Hall–Kier alpha value is -2.02. The van der Waals surface area contributed by atoms with Crippen molar-refractivity contribution in [3.8, 4) is 0 Å². The van der Waals surface area contributed by atoms with Crippen LogP contribution in [0.4, 0.5) is 0 Å². The van der Waals surface area contributed by atoms with Crippen molar-refractivity contribution in [3.63, 3.8) is 0 Å². The van der Waals surface area contributed by atoms with Crippen LogP contribution >= 0.6 is 0 Å². The molecule has 1 fully saturated rings. The standard InChI is InChI=1S/C12H15N3O4/c1-2-19-11(18)12(3-9(16)4-12)15-10(17)8-5-13-7-14-6-8/h5-7,9,16H,2-4H2,1H3,(H,15,17). The number of nitrogens with one attached hydrogen (secondary N) is 1. The van der Waals surface area contributed by atoms with Crippen LogP contribution in [0.25, 0.3) is 0 Å². The summed E-state index contributed by atoms with van der Waals surface area (Å²) in [6, 6.07) is 0. The van der Waals surface area contributed by atoms with Gasteiger partial charge in [0.1, 0.15) is 11.9 Å². The molecule has 0 saturated heterocycles. The molecule has 0 atom stereocenters. The lowest BCUT2D eigenvalue weighted by Crippen LogP contribution is -2.64. The minimum Gasteiger partial charge on any atom is -0.464 e. The average molecular weight is 265 g/mol. The van der Waals surface area contributed by atoms with Crippen LogP contribution in [0.2, 0.25) is 0 Å². The van der Waals surface area contributed by atoms with Crippen molar-refractivity contribution in [1.29, 1.82) is 0 Å². The summed E-state index contributed by atoms with van der Waals surface area (Å²) in [5.74, 6) is -0.981. The number of aliphatic hydroxyl groups is 1. The van der Waals surface area contributed by atoms with Crippen LogP contribution in [-0.2, 0) is 9.53 Å². The Labute approximate surface area is 110 Å². The molecular formula is C12H15N3O4. The summed E-state index contributed by atoms with van der Waals surface area (Å²) < 4.78 is 4.94. The molecule has 0 unspecified atom stereocenters. The number of nitrogens with zero attached hydrogens (tertiary/aromatic N) is 2. The number of amides is 1. The number of carbonyl (C=O) groups excluding carboxylic acids is 2. The van der Waals surface area contributed by atoms with Crippen LogP contribution in [0.5, 0.6) is 0 Å². The predicted molar refractivity (Wildman–Crippen MR) is 64.1 cm³/mol. The zero-order valence-electron chi connectivity index (χ0n) is 10.5. The normalized spacial score (nSPS) is 25.3. The van der Waals surface area contributed by atoms with Crippen molar-refractivity contribution >= 4 is 11.9 Å². The van der Waals surface area contributed by atoms with Crippen molar-refractivity contribution < 1.29 is 19.4 Å². The average Bonchev–Trinajstić information content (AvgIpc) is 2.37. The van der Waals surface area contributed by atoms with Gasteiger partial charge in [0, 0.05) is 25.2 Å². The van der Waals surface area contributed by atoms with Gasteiger partial charge in [-0.25, -0.2) is 14.8 Å². The van der Waals surface area contributed by atoms with Gasteiger partial charge in [-0.1, -0.05) is 0 Å². The molecule has 102 valence electrons. The summed E-state index contributed by atoms with van der Waals surface area (Å²) in [5.41, 5.74) is -0.880. The minimum absolute atomic E-state index is 0.158. The lowest BCUT2D eigenvalue weighted by molar-refractivity contribution is -0.160. The summed E-state index contributed by atoms with van der Waals surface area (Å²) in [5, 5.41) is 12.0. The van der Waals surface area contributed by atoms with Gasteiger partial charge in [-0.15, -0.1) is 0 Å². The highest BCUT2D eigenvalue weighted by molar-refractivity contribution is 5.98. The molecule has 0 spiro atoms. The summed E-state index contributed by atoms with van der Waals surface area (Å²) >= 11 is 0. The van der Waals surface area contributed by atoms with Crippen molar-refractivity contribution in [3.05, 3.63) is 24.3 Å². The highest BCUT2D eigenvalue weighted by atomic mass is 16.5. The number of hydrogen-bond donors (Lipinski definition) is 2. The molecule has 2 N–H and O–H groups in total. The SMILES string of the molecule is CCOC(=O)C1(NC(=O)c2cncnc2)CC(O)C1. The van der Waals surface area contributed by atoms with Crippen molar-refractivity contribution in [2.75, 3.05) is 6.61 Å².